The van der Waals surface area contributed by atoms with E-state index in [1.54, 1.807) is 50.2 Å². The summed E-state index contributed by atoms with van der Waals surface area (Å²) in [7, 11) is -2.58. The predicted octanol–water partition coefficient (Wildman–Crippen LogP) is 0.999. The number of hydrogen-bond acceptors (Lipinski definition) is 10. The molecule has 1 fully saturated rings. The van der Waals surface area contributed by atoms with Crippen LogP contribution in [-0.2, 0) is 42.1 Å². The molecule has 3 aromatic heterocycles. The van der Waals surface area contributed by atoms with Crippen molar-refractivity contribution in [2.75, 3.05) is 26.1 Å². The molecule has 0 aliphatic carbocycles. The number of pyridine rings is 2. The fourth-order valence-electron chi connectivity index (χ4n) is 5.45. The van der Waals surface area contributed by atoms with Gasteiger partial charge in [0.05, 0.1) is 23.7 Å². The maximum Gasteiger partial charge on any atom is 0.335 e. The summed E-state index contributed by atoms with van der Waals surface area (Å²) < 4.78 is 34.7. The molecule has 15 nitrogen and oxygen atoms in total. The van der Waals surface area contributed by atoms with Crippen molar-refractivity contribution in [2.45, 2.75) is 48.5 Å². The average Bonchev–Trinajstić information content (AvgIpc) is 3.54. The van der Waals surface area contributed by atoms with Crippen LogP contribution in [0.3, 0.4) is 0 Å². The fourth-order valence-corrected chi connectivity index (χ4v) is 8.58. The summed E-state index contributed by atoms with van der Waals surface area (Å²) in [5, 5.41) is 15.3. The predicted molar refractivity (Wildman–Crippen MR) is 177 cm³/mol. The van der Waals surface area contributed by atoms with Gasteiger partial charge in [0, 0.05) is 43.4 Å². The standard InChI is InChI=1S/C31H35N7O8S2/c1-31(2)26(37(19-47-31)48(44,45)22-6-4-12-32-17-22)28(40)35-23(29(41)42)16-20-8-10-21(11-9-20)38-27-24(7-5-13-34-27)36(30(38)43)18-25(39)33-14-15-46-3/h4-13,17,23,26H,14-16,18-19H2,1-3H3,(H,33,39)(H,35,40)(H,41,42)/t23-,26+/m0/s1. The maximum atomic E-state index is 13.6. The summed E-state index contributed by atoms with van der Waals surface area (Å²) in [6, 6.07) is 10.1. The fraction of sp³-hybridized carbons (Fsp3) is 0.355. The third-order valence-corrected chi connectivity index (χ3v) is 11.2. The summed E-state index contributed by atoms with van der Waals surface area (Å²) in [6.07, 6.45) is 4.06. The van der Waals surface area contributed by atoms with Crippen molar-refractivity contribution in [2.24, 2.45) is 0 Å². The highest BCUT2D eigenvalue weighted by Gasteiger charge is 2.51. The Morgan fingerprint density at radius 2 is 1.85 bits per heavy atom. The van der Waals surface area contributed by atoms with Gasteiger partial charge in [-0.05, 0) is 55.8 Å². The summed E-state index contributed by atoms with van der Waals surface area (Å²) >= 11 is 1.27. The van der Waals surface area contributed by atoms with Crippen molar-refractivity contribution in [1.82, 2.24) is 34.0 Å². The van der Waals surface area contributed by atoms with Gasteiger partial charge in [0.2, 0.25) is 21.8 Å². The van der Waals surface area contributed by atoms with Crippen molar-refractivity contribution in [3.63, 3.8) is 0 Å². The van der Waals surface area contributed by atoms with E-state index in [-0.39, 0.29) is 29.6 Å². The molecule has 17 heteroatoms. The van der Waals surface area contributed by atoms with Gasteiger partial charge in [-0.1, -0.05) is 12.1 Å². The third kappa shape index (κ3) is 7.13. The number of amides is 2. The SMILES string of the molecule is COCCNC(=O)Cn1c(=O)n(-c2ccc(C[C@H](NC(=O)[C@H]3N(S(=O)(=O)c4cccnc4)CSC3(C)C)C(=O)O)cc2)c2ncccc21. The van der Waals surface area contributed by atoms with Crippen LogP contribution in [0, 0.1) is 0 Å². The van der Waals surface area contributed by atoms with Gasteiger partial charge in [0.1, 0.15) is 23.5 Å². The van der Waals surface area contributed by atoms with Gasteiger partial charge in [0.25, 0.3) is 0 Å². The zero-order valence-electron chi connectivity index (χ0n) is 26.4. The Hall–Kier alpha value is -4.58. The Bertz CT molecular complexity index is 1980. The van der Waals surface area contributed by atoms with Gasteiger partial charge in [0.15, 0.2) is 5.65 Å². The number of nitrogens with one attached hydrogen (secondary N) is 2. The van der Waals surface area contributed by atoms with Crippen molar-refractivity contribution < 1.29 is 32.6 Å². The minimum atomic E-state index is -4.10. The van der Waals surface area contributed by atoms with E-state index in [0.29, 0.717) is 35.6 Å². The Labute approximate surface area is 280 Å². The van der Waals surface area contributed by atoms with Crippen molar-refractivity contribution in [1.29, 1.82) is 0 Å². The van der Waals surface area contributed by atoms with Crippen LogP contribution in [0.1, 0.15) is 19.4 Å². The number of carboxylic acids is 1. The number of hydrogen-bond donors (Lipinski definition) is 3. The molecular formula is C31H35N7O8S2. The van der Waals surface area contributed by atoms with Crippen LogP contribution < -0.4 is 16.3 Å². The number of benzene rings is 1. The zero-order valence-corrected chi connectivity index (χ0v) is 28.0. The highest BCUT2D eigenvalue weighted by molar-refractivity contribution is 8.02. The number of fused-ring (bicyclic) bond motifs is 1. The lowest BCUT2D eigenvalue weighted by molar-refractivity contribution is -0.142. The molecule has 4 heterocycles. The number of carbonyl (C=O) groups is 3. The molecule has 5 rings (SSSR count). The molecule has 0 unspecified atom stereocenters. The molecule has 1 saturated heterocycles. The Morgan fingerprint density at radius 3 is 2.52 bits per heavy atom. The first kappa shape index (κ1) is 34.7. The first-order valence-corrected chi connectivity index (χ1v) is 17.3. The Balaban J connectivity index is 1.35. The van der Waals surface area contributed by atoms with Crippen LogP contribution >= 0.6 is 11.8 Å². The molecule has 1 aliphatic rings. The first-order chi connectivity index (χ1) is 22.8. The quantitative estimate of drug-likeness (QED) is 0.169. The van der Waals surface area contributed by atoms with E-state index in [1.807, 2.05) is 0 Å². The number of carboxylic acid groups (broad SMARTS) is 1. The lowest BCUT2D eigenvalue weighted by atomic mass is 10.0. The summed E-state index contributed by atoms with van der Waals surface area (Å²) in [4.78, 5) is 60.1. The molecular weight excluding hydrogens is 663 g/mol. The number of aliphatic carboxylic acids is 1. The monoisotopic (exact) mass is 697 g/mol. The van der Waals surface area contributed by atoms with Gasteiger partial charge >= 0.3 is 11.7 Å². The number of nitrogens with zero attached hydrogens (tertiary/aromatic N) is 5. The van der Waals surface area contributed by atoms with Crippen molar-refractivity contribution >= 4 is 50.7 Å². The largest absolute Gasteiger partial charge is 0.480 e. The average molecular weight is 698 g/mol. The number of sulfonamides is 1. The first-order valence-electron chi connectivity index (χ1n) is 14.9. The van der Waals surface area contributed by atoms with Crippen molar-refractivity contribution in [3.8, 4) is 5.69 Å². The van der Waals surface area contributed by atoms with Crippen LogP contribution in [0.2, 0.25) is 0 Å². The highest BCUT2D eigenvalue weighted by Crippen LogP contribution is 2.42. The molecule has 2 amide bonds. The second kappa shape index (κ2) is 14.3. The number of thioether (sulfide) groups is 1. The van der Waals surface area contributed by atoms with E-state index in [0.717, 1.165) is 4.31 Å². The molecule has 3 N–H and O–H groups in total. The van der Waals surface area contributed by atoms with E-state index in [4.69, 9.17) is 4.74 Å². The minimum absolute atomic E-state index is 0.00460. The van der Waals surface area contributed by atoms with Gasteiger partial charge in [-0.25, -0.2) is 27.6 Å². The molecule has 0 bridgehead atoms. The van der Waals surface area contributed by atoms with Crippen LogP contribution in [0.5, 0.6) is 0 Å². The molecule has 48 heavy (non-hydrogen) atoms. The van der Waals surface area contributed by atoms with Gasteiger partial charge in [-0.2, -0.15) is 4.31 Å². The Kier molecular flexibility index (Phi) is 10.3. The van der Waals surface area contributed by atoms with Crippen LogP contribution in [0.4, 0.5) is 0 Å². The molecule has 0 radical (unpaired) electrons. The van der Waals surface area contributed by atoms with Crippen LogP contribution in [0.25, 0.3) is 16.9 Å². The smallest absolute Gasteiger partial charge is 0.335 e. The minimum Gasteiger partial charge on any atom is -0.480 e. The topological polar surface area (TPSA) is 195 Å². The second-order valence-corrected chi connectivity index (χ2v) is 15.0. The van der Waals surface area contributed by atoms with Crippen LogP contribution in [0.15, 0.2) is 76.8 Å². The number of imidazole rings is 1. The molecule has 2 atom stereocenters. The maximum absolute atomic E-state index is 13.6. The van der Waals surface area contributed by atoms with E-state index in [9.17, 15) is 32.7 Å². The third-order valence-electron chi connectivity index (χ3n) is 7.87. The normalized spacial score (nSPS) is 16.9. The number of rotatable bonds is 13. The number of ether oxygens (including phenoxy) is 1. The van der Waals surface area contributed by atoms with E-state index in [2.05, 4.69) is 20.6 Å². The van der Waals surface area contributed by atoms with E-state index < -0.39 is 44.4 Å². The molecule has 0 saturated carbocycles. The molecule has 0 spiro atoms. The zero-order chi connectivity index (χ0) is 34.6. The number of methoxy groups -OCH3 is 1. The number of carbonyl (C=O) groups excluding carboxylic acids is 2. The lowest BCUT2D eigenvalue weighted by Crippen LogP contribution is -2.56. The summed E-state index contributed by atoms with van der Waals surface area (Å²) in [5.74, 6) is -2.40. The van der Waals surface area contributed by atoms with Crippen molar-refractivity contribution in [3.05, 3.63) is 83.2 Å². The molecule has 4 aromatic rings. The van der Waals surface area contributed by atoms with Gasteiger partial charge in [-0.3, -0.25) is 19.1 Å². The highest BCUT2D eigenvalue weighted by atomic mass is 32.2. The Morgan fingerprint density at radius 1 is 1.12 bits per heavy atom. The second-order valence-electron chi connectivity index (χ2n) is 11.5. The van der Waals surface area contributed by atoms with Crippen LogP contribution in [-0.4, -0.2) is 97.7 Å². The van der Waals surface area contributed by atoms with Gasteiger partial charge in [-0.15, -0.1) is 11.8 Å². The molecule has 1 aliphatic heterocycles. The van der Waals surface area contributed by atoms with Gasteiger partial charge < -0.3 is 20.5 Å². The number of aromatic nitrogens is 4. The lowest BCUT2D eigenvalue weighted by Gasteiger charge is -2.30. The summed E-state index contributed by atoms with van der Waals surface area (Å²) in [6.45, 7) is 3.86. The van der Waals surface area contributed by atoms with E-state index >= 15 is 0 Å². The molecule has 254 valence electrons. The van der Waals surface area contributed by atoms with E-state index in [1.165, 1.54) is 58.7 Å². The summed E-state index contributed by atoms with van der Waals surface area (Å²) in [5.41, 5.74) is 1.27. The molecule has 1 aromatic carbocycles.